The van der Waals surface area contributed by atoms with E-state index in [1.807, 2.05) is 6.92 Å². The number of anilines is 1. The van der Waals surface area contributed by atoms with Crippen molar-refractivity contribution in [3.8, 4) is 0 Å². The number of aryl methyl sites for hydroxylation is 1. The quantitative estimate of drug-likeness (QED) is 0.822. The van der Waals surface area contributed by atoms with E-state index in [2.05, 4.69) is 5.32 Å². The van der Waals surface area contributed by atoms with Crippen molar-refractivity contribution in [1.82, 2.24) is 0 Å². The van der Waals surface area contributed by atoms with Gasteiger partial charge in [-0.15, -0.1) is 0 Å². The molecule has 1 aromatic carbocycles. The van der Waals surface area contributed by atoms with Crippen LogP contribution in [-0.4, -0.2) is 38.7 Å². The van der Waals surface area contributed by atoms with Gasteiger partial charge < -0.3 is 20.5 Å². The maximum atomic E-state index is 12.6. The van der Waals surface area contributed by atoms with Gasteiger partial charge in [-0.3, -0.25) is 4.79 Å². The number of rotatable bonds is 4. The van der Waals surface area contributed by atoms with Crippen molar-refractivity contribution in [2.75, 3.05) is 32.2 Å². The number of carbonyl (C=O) groups excluding carboxylic acids is 2. The number of amides is 1. The molecule has 3 N–H and O–H groups in total. The molecule has 1 fully saturated rings. The molecule has 0 saturated carbocycles. The van der Waals surface area contributed by atoms with E-state index in [4.69, 9.17) is 15.2 Å². The molecule has 6 nitrogen and oxygen atoms in total. The minimum Gasteiger partial charge on any atom is -0.465 e. The lowest BCUT2D eigenvalue weighted by Crippen LogP contribution is -2.46. The predicted octanol–water partition coefficient (Wildman–Crippen LogP) is 1.48. The van der Waals surface area contributed by atoms with Crippen LogP contribution >= 0.6 is 0 Å². The number of esters is 1. The molecule has 2 rings (SSSR count). The van der Waals surface area contributed by atoms with Crippen molar-refractivity contribution in [3.05, 3.63) is 29.3 Å². The van der Waals surface area contributed by atoms with E-state index in [1.54, 1.807) is 18.2 Å². The molecule has 22 heavy (non-hydrogen) atoms. The first-order valence-electron chi connectivity index (χ1n) is 7.30. The summed E-state index contributed by atoms with van der Waals surface area (Å²) in [7, 11) is 1.33. The largest absolute Gasteiger partial charge is 0.465 e. The molecule has 0 spiro atoms. The third-order valence-corrected chi connectivity index (χ3v) is 4.22. The van der Waals surface area contributed by atoms with Gasteiger partial charge in [-0.25, -0.2) is 4.79 Å². The first-order chi connectivity index (χ1) is 10.5. The van der Waals surface area contributed by atoms with Crippen LogP contribution in [0.5, 0.6) is 0 Å². The van der Waals surface area contributed by atoms with Crippen LogP contribution in [0.25, 0.3) is 0 Å². The van der Waals surface area contributed by atoms with Crippen LogP contribution in [0.2, 0.25) is 0 Å². The highest BCUT2D eigenvalue weighted by atomic mass is 16.5. The molecule has 1 heterocycles. The van der Waals surface area contributed by atoms with Crippen LogP contribution in [0.1, 0.15) is 28.8 Å². The minimum absolute atomic E-state index is 0.127. The molecule has 6 heteroatoms. The van der Waals surface area contributed by atoms with Crippen molar-refractivity contribution in [2.24, 2.45) is 11.1 Å². The molecule has 1 saturated heterocycles. The molecule has 1 amide bonds. The Morgan fingerprint density at radius 2 is 2.05 bits per heavy atom. The number of methoxy groups -OCH3 is 1. The standard InChI is InChI=1S/C16H22N2O4/c1-11-3-4-12(9-13(11)14(19)21-2)18-15(20)16(10-17)5-7-22-8-6-16/h3-4,9H,5-8,10,17H2,1-2H3,(H,18,20). The van der Waals surface area contributed by atoms with E-state index < -0.39 is 11.4 Å². The summed E-state index contributed by atoms with van der Waals surface area (Å²) >= 11 is 0. The average molecular weight is 306 g/mol. The lowest BCUT2D eigenvalue weighted by atomic mass is 9.79. The van der Waals surface area contributed by atoms with Crippen molar-refractivity contribution >= 4 is 17.6 Å². The van der Waals surface area contributed by atoms with Crippen molar-refractivity contribution in [1.29, 1.82) is 0 Å². The highest BCUT2D eigenvalue weighted by molar-refractivity contribution is 5.98. The molecule has 0 atom stereocenters. The molecule has 0 aliphatic carbocycles. The van der Waals surface area contributed by atoms with Gasteiger partial charge in [-0.2, -0.15) is 0 Å². The predicted molar refractivity (Wildman–Crippen MR) is 82.7 cm³/mol. The van der Waals surface area contributed by atoms with Gasteiger partial charge in [-0.05, 0) is 37.5 Å². The Morgan fingerprint density at radius 1 is 1.36 bits per heavy atom. The molecule has 1 aromatic rings. The highest BCUT2D eigenvalue weighted by Crippen LogP contribution is 2.31. The molecule has 120 valence electrons. The Labute approximate surface area is 130 Å². The zero-order valence-corrected chi connectivity index (χ0v) is 13.0. The van der Waals surface area contributed by atoms with Gasteiger partial charge >= 0.3 is 5.97 Å². The molecule has 0 bridgehead atoms. The Kier molecular flexibility index (Phi) is 5.15. The van der Waals surface area contributed by atoms with Crippen LogP contribution in [-0.2, 0) is 14.3 Å². The van der Waals surface area contributed by atoms with E-state index >= 15 is 0 Å². The second-order valence-electron chi connectivity index (χ2n) is 5.57. The van der Waals surface area contributed by atoms with Gasteiger partial charge in [0.2, 0.25) is 5.91 Å². The number of hydrogen-bond donors (Lipinski definition) is 2. The average Bonchev–Trinajstić information content (AvgIpc) is 2.56. The minimum atomic E-state index is -0.603. The summed E-state index contributed by atoms with van der Waals surface area (Å²) in [5, 5.41) is 2.87. The zero-order chi connectivity index (χ0) is 16.2. The third-order valence-electron chi connectivity index (χ3n) is 4.22. The smallest absolute Gasteiger partial charge is 0.338 e. The van der Waals surface area contributed by atoms with Gasteiger partial charge in [0.1, 0.15) is 0 Å². The van der Waals surface area contributed by atoms with E-state index in [0.717, 1.165) is 5.56 Å². The molecular formula is C16H22N2O4. The van der Waals surface area contributed by atoms with Crippen LogP contribution < -0.4 is 11.1 Å². The zero-order valence-electron chi connectivity index (χ0n) is 13.0. The van der Waals surface area contributed by atoms with Gasteiger partial charge in [0, 0.05) is 25.4 Å². The highest BCUT2D eigenvalue weighted by Gasteiger charge is 2.38. The lowest BCUT2D eigenvalue weighted by molar-refractivity contribution is -0.130. The number of carbonyl (C=O) groups is 2. The first-order valence-corrected chi connectivity index (χ1v) is 7.30. The maximum Gasteiger partial charge on any atom is 0.338 e. The molecule has 0 aromatic heterocycles. The monoisotopic (exact) mass is 306 g/mol. The van der Waals surface area contributed by atoms with Crippen LogP contribution in [0.15, 0.2) is 18.2 Å². The van der Waals surface area contributed by atoms with E-state index in [-0.39, 0.29) is 12.5 Å². The number of nitrogens with one attached hydrogen (secondary N) is 1. The number of hydrogen-bond acceptors (Lipinski definition) is 5. The summed E-state index contributed by atoms with van der Waals surface area (Å²) in [5.74, 6) is -0.550. The van der Waals surface area contributed by atoms with Gasteiger partial charge in [0.05, 0.1) is 18.1 Å². The second kappa shape index (κ2) is 6.89. The fourth-order valence-corrected chi connectivity index (χ4v) is 2.58. The van der Waals surface area contributed by atoms with Crippen molar-refractivity contribution < 1.29 is 19.1 Å². The Balaban J connectivity index is 2.19. The summed E-state index contributed by atoms with van der Waals surface area (Å²) in [6, 6.07) is 5.17. The molecule has 1 aliphatic heterocycles. The van der Waals surface area contributed by atoms with Crippen molar-refractivity contribution in [2.45, 2.75) is 19.8 Å². The van der Waals surface area contributed by atoms with Crippen LogP contribution in [0.4, 0.5) is 5.69 Å². The molecule has 1 aliphatic rings. The summed E-state index contributed by atoms with van der Waals surface area (Å²) < 4.78 is 10.1. The van der Waals surface area contributed by atoms with Crippen LogP contribution in [0, 0.1) is 12.3 Å². The third kappa shape index (κ3) is 3.28. The van der Waals surface area contributed by atoms with Gasteiger partial charge in [0.25, 0.3) is 0 Å². The Morgan fingerprint density at radius 3 is 2.64 bits per heavy atom. The SMILES string of the molecule is COC(=O)c1cc(NC(=O)C2(CN)CCOCC2)ccc1C. The lowest BCUT2D eigenvalue weighted by Gasteiger charge is -2.34. The topological polar surface area (TPSA) is 90.7 Å². The Bertz CT molecular complexity index is 565. The number of nitrogens with two attached hydrogens (primary N) is 1. The van der Waals surface area contributed by atoms with Crippen LogP contribution in [0.3, 0.4) is 0 Å². The summed E-state index contributed by atoms with van der Waals surface area (Å²) in [5.41, 5.74) is 7.02. The van der Waals surface area contributed by atoms with E-state index in [0.29, 0.717) is 37.3 Å². The first kappa shape index (κ1) is 16.5. The Hall–Kier alpha value is -1.92. The van der Waals surface area contributed by atoms with E-state index in [9.17, 15) is 9.59 Å². The second-order valence-corrected chi connectivity index (χ2v) is 5.57. The molecule has 0 unspecified atom stereocenters. The fraction of sp³-hybridized carbons (Fsp3) is 0.500. The maximum absolute atomic E-state index is 12.6. The molecule has 0 radical (unpaired) electrons. The fourth-order valence-electron chi connectivity index (χ4n) is 2.58. The van der Waals surface area contributed by atoms with E-state index in [1.165, 1.54) is 7.11 Å². The van der Waals surface area contributed by atoms with Gasteiger partial charge in [0.15, 0.2) is 0 Å². The van der Waals surface area contributed by atoms with Gasteiger partial charge in [-0.1, -0.05) is 6.07 Å². The summed E-state index contributed by atoms with van der Waals surface area (Å²) in [6.07, 6.45) is 1.20. The summed E-state index contributed by atoms with van der Waals surface area (Å²) in [4.78, 5) is 24.3. The number of benzene rings is 1. The normalized spacial score (nSPS) is 16.9. The number of ether oxygens (including phenoxy) is 2. The molecular weight excluding hydrogens is 284 g/mol. The summed E-state index contributed by atoms with van der Waals surface area (Å²) in [6.45, 7) is 3.16. The van der Waals surface area contributed by atoms with Crippen molar-refractivity contribution in [3.63, 3.8) is 0 Å².